The van der Waals surface area contributed by atoms with E-state index in [2.05, 4.69) is 6.92 Å². The van der Waals surface area contributed by atoms with Crippen molar-refractivity contribution in [3.05, 3.63) is 29.8 Å². The van der Waals surface area contributed by atoms with Crippen molar-refractivity contribution in [2.45, 2.75) is 51.6 Å². The first-order chi connectivity index (χ1) is 8.64. The Labute approximate surface area is 110 Å². The summed E-state index contributed by atoms with van der Waals surface area (Å²) in [6.45, 7) is 4.94. The largest absolute Gasteiger partial charge is 0.494 e. The Morgan fingerprint density at radius 1 is 1.22 bits per heavy atom. The lowest BCUT2D eigenvalue weighted by Crippen LogP contribution is -2.24. The highest BCUT2D eigenvalue weighted by Gasteiger charge is 2.31. The third kappa shape index (κ3) is 3.05. The third-order valence-corrected chi connectivity index (χ3v) is 4.04. The molecule has 1 aliphatic rings. The Morgan fingerprint density at radius 3 is 2.61 bits per heavy atom. The van der Waals surface area contributed by atoms with Gasteiger partial charge >= 0.3 is 0 Å². The molecule has 1 N–H and O–H groups in total. The molecule has 2 rings (SSSR count). The van der Waals surface area contributed by atoms with Crippen molar-refractivity contribution in [1.82, 2.24) is 0 Å². The molecule has 1 aromatic carbocycles. The predicted molar refractivity (Wildman–Crippen MR) is 73.8 cm³/mol. The number of aliphatic hydroxyl groups is 1. The second-order valence-electron chi connectivity index (χ2n) is 5.53. The van der Waals surface area contributed by atoms with Crippen molar-refractivity contribution in [2.24, 2.45) is 5.92 Å². The Kier molecular flexibility index (Phi) is 4.28. The maximum Gasteiger partial charge on any atom is 0.119 e. The van der Waals surface area contributed by atoms with Gasteiger partial charge in [-0.15, -0.1) is 0 Å². The van der Waals surface area contributed by atoms with Crippen LogP contribution in [0.2, 0.25) is 0 Å². The fourth-order valence-corrected chi connectivity index (χ4v) is 2.81. The van der Waals surface area contributed by atoms with Crippen LogP contribution in [0.15, 0.2) is 24.3 Å². The van der Waals surface area contributed by atoms with E-state index in [-0.39, 0.29) is 0 Å². The van der Waals surface area contributed by atoms with Crippen LogP contribution in [0.5, 0.6) is 5.75 Å². The van der Waals surface area contributed by atoms with Gasteiger partial charge in [-0.3, -0.25) is 0 Å². The van der Waals surface area contributed by atoms with Crippen LogP contribution in [0.4, 0.5) is 0 Å². The minimum Gasteiger partial charge on any atom is -0.494 e. The van der Waals surface area contributed by atoms with Gasteiger partial charge in [-0.05, 0) is 56.2 Å². The molecule has 0 amide bonds. The highest BCUT2D eigenvalue weighted by Crippen LogP contribution is 2.38. The van der Waals surface area contributed by atoms with E-state index >= 15 is 0 Å². The summed E-state index contributed by atoms with van der Waals surface area (Å²) in [5, 5.41) is 10.8. The van der Waals surface area contributed by atoms with E-state index < -0.39 is 5.60 Å². The van der Waals surface area contributed by atoms with Crippen molar-refractivity contribution in [3.8, 4) is 5.75 Å². The zero-order chi connectivity index (χ0) is 13.0. The van der Waals surface area contributed by atoms with Crippen molar-refractivity contribution in [3.63, 3.8) is 0 Å². The van der Waals surface area contributed by atoms with Crippen molar-refractivity contribution >= 4 is 0 Å². The lowest BCUT2D eigenvalue weighted by atomic mass is 9.86. The summed E-state index contributed by atoms with van der Waals surface area (Å²) in [5.41, 5.74) is 0.412. The summed E-state index contributed by atoms with van der Waals surface area (Å²) >= 11 is 0. The van der Waals surface area contributed by atoms with Crippen LogP contribution in [0.25, 0.3) is 0 Å². The van der Waals surface area contributed by atoms with Gasteiger partial charge in [0.15, 0.2) is 0 Å². The van der Waals surface area contributed by atoms with Gasteiger partial charge in [-0.1, -0.05) is 25.5 Å². The number of benzene rings is 1. The minimum atomic E-state index is -0.629. The van der Waals surface area contributed by atoms with Gasteiger partial charge in [-0.25, -0.2) is 0 Å². The molecule has 2 heteroatoms. The van der Waals surface area contributed by atoms with Crippen molar-refractivity contribution in [1.29, 1.82) is 0 Å². The second-order valence-corrected chi connectivity index (χ2v) is 5.53. The van der Waals surface area contributed by atoms with E-state index in [1.165, 1.54) is 6.42 Å². The molecule has 0 aromatic heterocycles. The van der Waals surface area contributed by atoms with Crippen LogP contribution >= 0.6 is 0 Å². The van der Waals surface area contributed by atoms with Crippen LogP contribution in [0, 0.1) is 5.92 Å². The maximum atomic E-state index is 10.8. The molecule has 2 atom stereocenters. The van der Waals surface area contributed by atoms with Crippen LogP contribution in [-0.4, -0.2) is 11.7 Å². The first-order valence-electron chi connectivity index (χ1n) is 7.10. The molecule has 0 saturated heterocycles. The molecule has 2 nitrogen and oxygen atoms in total. The summed E-state index contributed by atoms with van der Waals surface area (Å²) in [4.78, 5) is 0. The molecule has 0 heterocycles. The summed E-state index contributed by atoms with van der Waals surface area (Å²) in [6, 6.07) is 7.96. The molecule has 1 saturated carbocycles. The quantitative estimate of drug-likeness (QED) is 0.823. The fraction of sp³-hybridized carbons (Fsp3) is 0.625. The number of ether oxygens (including phenoxy) is 1. The number of hydrogen-bond donors (Lipinski definition) is 1. The zero-order valence-corrected chi connectivity index (χ0v) is 11.5. The summed E-state index contributed by atoms with van der Waals surface area (Å²) in [7, 11) is 0. The third-order valence-electron chi connectivity index (χ3n) is 4.04. The summed E-state index contributed by atoms with van der Waals surface area (Å²) in [5.74, 6) is 1.62. The molecule has 2 unspecified atom stereocenters. The van der Waals surface area contributed by atoms with Gasteiger partial charge in [0.1, 0.15) is 5.75 Å². The maximum absolute atomic E-state index is 10.8. The molecule has 1 aromatic rings. The van der Waals surface area contributed by atoms with Gasteiger partial charge in [0.25, 0.3) is 0 Å². The molecule has 0 aliphatic heterocycles. The average molecular weight is 248 g/mol. The Bertz CT molecular complexity index is 371. The monoisotopic (exact) mass is 248 g/mol. The smallest absolute Gasteiger partial charge is 0.119 e. The van der Waals surface area contributed by atoms with E-state index in [0.717, 1.165) is 42.9 Å². The van der Waals surface area contributed by atoms with Gasteiger partial charge in [0.2, 0.25) is 0 Å². The molecule has 0 bridgehead atoms. The Hall–Kier alpha value is -1.02. The lowest BCUT2D eigenvalue weighted by molar-refractivity contribution is 0.0198. The van der Waals surface area contributed by atoms with Crippen molar-refractivity contribution in [2.75, 3.05) is 6.61 Å². The standard InChI is InChI=1S/C16H24O2/c1-3-18-15-8-6-14(7-9-15)16(17)11-4-5-13(2)10-12-16/h6-9,13,17H,3-5,10-12H2,1-2H3. The highest BCUT2D eigenvalue weighted by molar-refractivity contribution is 5.31. The normalized spacial score (nSPS) is 28.7. The van der Waals surface area contributed by atoms with E-state index in [4.69, 9.17) is 4.74 Å². The minimum absolute atomic E-state index is 0.629. The summed E-state index contributed by atoms with van der Waals surface area (Å²) < 4.78 is 5.44. The first kappa shape index (κ1) is 13.4. The number of hydrogen-bond acceptors (Lipinski definition) is 2. The van der Waals surface area contributed by atoms with E-state index in [1.807, 2.05) is 31.2 Å². The van der Waals surface area contributed by atoms with E-state index in [0.29, 0.717) is 6.61 Å². The molecule has 100 valence electrons. The topological polar surface area (TPSA) is 29.5 Å². The molecule has 0 spiro atoms. The lowest BCUT2D eigenvalue weighted by Gasteiger charge is -2.27. The van der Waals surface area contributed by atoms with Gasteiger partial charge in [0.05, 0.1) is 12.2 Å². The average Bonchev–Trinajstić information content (AvgIpc) is 2.54. The van der Waals surface area contributed by atoms with Crippen LogP contribution in [0.1, 0.15) is 51.5 Å². The van der Waals surface area contributed by atoms with Crippen LogP contribution in [0.3, 0.4) is 0 Å². The SMILES string of the molecule is CCOc1ccc(C2(O)CCCC(C)CC2)cc1. The Balaban J connectivity index is 2.13. The van der Waals surface area contributed by atoms with Crippen molar-refractivity contribution < 1.29 is 9.84 Å². The highest BCUT2D eigenvalue weighted by atomic mass is 16.5. The molecule has 0 radical (unpaired) electrons. The van der Waals surface area contributed by atoms with Gasteiger partial charge < -0.3 is 9.84 Å². The number of rotatable bonds is 3. The molecule has 1 aliphatic carbocycles. The molecule has 18 heavy (non-hydrogen) atoms. The van der Waals surface area contributed by atoms with Gasteiger partial charge in [-0.2, -0.15) is 0 Å². The van der Waals surface area contributed by atoms with Crippen LogP contribution in [-0.2, 0) is 5.60 Å². The molecular formula is C16H24O2. The van der Waals surface area contributed by atoms with Crippen LogP contribution < -0.4 is 4.74 Å². The Morgan fingerprint density at radius 2 is 1.94 bits per heavy atom. The molecule has 1 fully saturated rings. The van der Waals surface area contributed by atoms with E-state index in [1.54, 1.807) is 0 Å². The fourth-order valence-electron chi connectivity index (χ4n) is 2.81. The first-order valence-corrected chi connectivity index (χ1v) is 7.10. The predicted octanol–water partition coefficient (Wildman–Crippen LogP) is 3.87. The van der Waals surface area contributed by atoms with Gasteiger partial charge in [0, 0.05) is 0 Å². The zero-order valence-electron chi connectivity index (χ0n) is 11.5. The van der Waals surface area contributed by atoms with E-state index in [9.17, 15) is 5.11 Å². The molecular weight excluding hydrogens is 224 g/mol. The summed E-state index contributed by atoms with van der Waals surface area (Å²) in [6.07, 6.45) is 5.22. The second kappa shape index (κ2) is 5.75.